The molecule has 11 heteroatoms. The molecule has 3 atom stereocenters. The van der Waals surface area contributed by atoms with Gasteiger partial charge < -0.3 is 24.6 Å². The average molecular weight is 827 g/mol. The molecule has 0 aromatic heterocycles. The van der Waals surface area contributed by atoms with Crippen LogP contribution in [-0.4, -0.2) is 65.7 Å². The number of esters is 2. The molecule has 0 saturated heterocycles. The van der Waals surface area contributed by atoms with Gasteiger partial charge in [-0.05, 0) is 51.4 Å². The summed E-state index contributed by atoms with van der Waals surface area (Å²) in [6, 6.07) is 0. The SMILES string of the molecule is CCCCC/C=C/C/C=C/CCCCCCCCCCCC(=O)O[C@H](COC(=O)/C=C/C=C/CCCCCCCCCCCCC)COP(=O)(O)OC[C@@H](O)CO. The summed E-state index contributed by atoms with van der Waals surface area (Å²) in [6.07, 6.45) is 45.6. The van der Waals surface area contributed by atoms with Crippen molar-refractivity contribution in [3.8, 4) is 0 Å². The fraction of sp³-hybridized carbons (Fsp3) is 0.783. The number of aliphatic hydroxyl groups excluding tert-OH is 2. The predicted octanol–water partition coefficient (Wildman–Crippen LogP) is 12.1. The lowest BCUT2D eigenvalue weighted by Crippen LogP contribution is -2.29. The number of unbranched alkanes of at least 4 members (excludes halogenated alkanes) is 23. The molecular formula is C46H83O10P. The summed E-state index contributed by atoms with van der Waals surface area (Å²) in [5, 5.41) is 18.3. The molecule has 3 N–H and O–H groups in total. The predicted molar refractivity (Wildman–Crippen MR) is 233 cm³/mol. The molecule has 0 heterocycles. The maximum absolute atomic E-state index is 12.6. The van der Waals surface area contributed by atoms with Crippen molar-refractivity contribution >= 4 is 19.8 Å². The van der Waals surface area contributed by atoms with Gasteiger partial charge in [-0.1, -0.05) is 178 Å². The van der Waals surface area contributed by atoms with Gasteiger partial charge in [-0.25, -0.2) is 9.36 Å². The third-order valence-corrected chi connectivity index (χ3v) is 10.5. The van der Waals surface area contributed by atoms with Crippen molar-refractivity contribution in [2.24, 2.45) is 0 Å². The summed E-state index contributed by atoms with van der Waals surface area (Å²) in [4.78, 5) is 34.9. The molecule has 0 aliphatic heterocycles. The summed E-state index contributed by atoms with van der Waals surface area (Å²) in [7, 11) is -4.64. The van der Waals surface area contributed by atoms with Crippen LogP contribution in [0.1, 0.15) is 194 Å². The third-order valence-electron chi connectivity index (χ3n) is 9.56. The van der Waals surface area contributed by atoms with Crippen LogP contribution in [0.25, 0.3) is 0 Å². The summed E-state index contributed by atoms with van der Waals surface area (Å²) >= 11 is 0. The second kappa shape index (κ2) is 42.1. The van der Waals surface area contributed by atoms with E-state index in [4.69, 9.17) is 19.1 Å². The topological polar surface area (TPSA) is 149 Å². The van der Waals surface area contributed by atoms with Crippen LogP contribution < -0.4 is 0 Å². The highest BCUT2D eigenvalue weighted by atomic mass is 31.2. The van der Waals surface area contributed by atoms with Crippen molar-refractivity contribution < 1.29 is 47.8 Å². The van der Waals surface area contributed by atoms with E-state index in [1.807, 2.05) is 6.08 Å². The van der Waals surface area contributed by atoms with Gasteiger partial charge in [0.25, 0.3) is 0 Å². The zero-order valence-electron chi connectivity index (χ0n) is 36.0. The quantitative estimate of drug-likeness (QED) is 0.0136. The van der Waals surface area contributed by atoms with Crippen LogP contribution in [0.15, 0.2) is 48.6 Å². The number of ether oxygens (including phenoxy) is 2. The van der Waals surface area contributed by atoms with Crippen LogP contribution in [0.2, 0.25) is 0 Å². The highest BCUT2D eigenvalue weighted by Gasteiger charge is 2.27. The Morgan fingerprint density at radius 2 is 1.04 bits per heavy atom. The molecule has 0 saturated carbocycles. The summed E-state index contributed by atoms with van der Waals surface area (Å²) in [5.41, 5.74) is 0. The molecule has 0 aliphatic rings. The van der Waals surface area contributed by atoms with Crippen molar-refractivity contribution in [3.05, 3.63) is 48.6 Å². The molecule has 10 nitrogen and oxygen atoms in total. The molecule has 0 radical (unpaired) electrons. The number of rotatable bonds is 42. The Bertz CT molecular complexity index is 1090. The molecule has 0 aromatic carbocycles. The minimum atomic E-state index is -4.64. The number of hydrogen-bond donors (Lipinski definition) is 3. The molecule has 0 amide bonds. The van der Waals surface area contributed by atoms with Crippen molar-refractivity contribution in [1.29, 1.82) is 0 Å². The summed E-state index contributed by atoms with van der Waals surface area (Å²) in [6.45, 7) is 2.23. The van der Waals surface area contributed by atoms with E-state index in [0.717, 1.165) is 44.9 Å². The van der Waals surface area contributed by atoms with Crippen LogP contribution in [0.5, 0.6) is 0 Å². The van der Waals surface area contributed by atoms with E-state index >= 15 is 0 Å². The fourth-order valence-corrected chi connectivity index (χ4v) is 6.84. The van der Waals surface area contributed by atoms with Crippen molar-refractivity contribution in [3.63, 3.8) is 0 Å². The third kappa shape index (κ3) is 41.9. The molecule has 0 spiro atoms. The van der Waals surface area contributed by atoms with Gasteiger partial charge >= 0.3 is 19.8 Å². The normalized spacial score (nSPS) is 14.3. The average Bonchev–Trinajstić information content (AvgIpc) is 3.20. The van der Waals surface area contributed by atoms with Gasteiger partial charge in [-0.2, -0.15) is 0 Å². The highest BCUT2D eigenvalue weighted by molar-refractivity contribution is 7.47. The first-order valence-corrected chi connectivity index (χ1v) is 24.1. The zero-order valence-corrected chi connectivity index (χ0v) is 36.9. The van der Waals surface area contributed by atoms with Gasteiger partial charge in [0.05, 0.1) is 19.8 Å². The van der Waals surface area contributed by atoms with E-state index < -0.39 is 51.8 Å². The Hall–Kier alpha value is -2.07. The number of aliphatic hydroxyl groups is 2. The highest BCUT2D eigenvalue weighted by Crippen LogP contribution is 2.43. The Kier molecular flexibility index (Phi) is 40.5. The fourth-order valence-electron chi connectivity index (χ4n) is 6.05. The molecule has 0 aromatic rings. The van der Waals surface area contributed by atoms with Gasteiger partial charge in [0, 0.05) is 12.5 Å². The Morgan fingerprint density at radius 1 is 0.579 bits per heavy atom. The summed E-state index contributed by atoms with van der Waals surface area (Å²) in [5.74, 6) is -1.18. The van der Waals surface area contributed by atoms with Gasteiger partial charge in [0.15, 0.2) is 6.10 Å². The number of carbonyl (C=O) groups is 2. The number of phosphoric ester groups is 1. The van der Waals surface area contributed by atoms with E-state index in [9.17, 15) is 24.2 Å². The number of carbonyl (C=O) groups excluding carboxylic acids is 2. The van der Waals surface area contributed by atoms with Gasteiger partial charge in [-0.15, -0.1) is 0 Å². The van der Waals surface area contributed by atoms with Crippen LogP contribution in [0, 0.1) is 0 Å². The van der Waals surface area contributed by atoms with Crippen molar-refractivity contribution in [2.75, 3.05) is 26.4 Å². The first kappa shape index (κ1) is 54.9. The second-order valence-corrected chi connectivity index (χ2v) is 16.6. The van der Waals surface area contributed by atoms with Gasteiger partial charge in [-0.3, -0.25) is 13.8 Å². The maximum atomic E-state index is 12.6. The van der Waals surface area contributed by atoms with Gasteiger partial charge in [0.2, 0.25) is 0 Å². The lowest BCUT2D eigenvalue weighted by molar-refractivity contribution is -0.159. The van der Waals surface area contributed by atoms with E-state index in [1.54, 1.807) is 12.2 Å². The Labute approximate surface area is 347 Å². The standard InChI is InChI=1S/C46H83O10P/c1-3-5-7-9-11-13-15-17-19-20-21-22-24-26-28-30-32-34-36-38-46(50)56-44(42-55-57(51,52)54-40-43(48)39-47)41-53-45(49)37-35-33-31-29-27-25-23-18-16-14-12-10-8-6-4-2/h11,13,17,19,31,33,35,37,43-44,47-48H,3-10,12,14-16,18,20-30,32,34,36,38-42H2,1-2H3,(H,51,52)/b13-11+,19-17+,33-31+,37-35+/t43-,44+/m0/s1. The molecule has 57 heavy (non-hydrogen) atoms. The minimum Gasteiger partial charge on any atom is -0.458 e. The largest absolute Gasteiger partial charge is 0.472 e. The van der Waals surface area contributed by atoms with Crippen LogP contribution in [0.4, 0.5) is 0 Å². The van der Waals surface area contributed by atoms with E-state index in [1.165, 1.54) is 128 Å². The zero-order chi connectivity index (χ0) is 41.9. The smallest absolute Gasteiger partial charge is 0.458 e. The molecular weight excluding hydrogens is 743 g/mol. The first-order valence-electron chi connectivity index (χ1n) is 22.6. The monoisotopic (exact) mass is 827 g/mol. The van der Waals surface area contributed by atoms with Crippen LogP contribution in [-0.2, 0) is 32.7 Å². The van der Waals surface area contributed by atoms with Crippen molar-refractivity contribution in [1.82, 2.24) is 0 Å². The van der Waals surface area contributed by atoms with E-state index in [-0.39, 0.29) is 13.0 Å². The number of allylic oxidation sites excluding steroid dienone is 7. The lowest BCUT2D eigenvalue weighted by atomic mass is 10.1. The minimum absolute atomic E-state index is 0.159. The lowest BCUT2D eigenvalue weighted by Gasteiger charge is -2.20. The molecule has 0 rings (SSSR count). The maximum Gasteiger partial charge on any atom is 0.472 e. The Balaban J connectivity index is 4.35. The molecule has 0 bridgehead atoms. The molecule has 0 aliphatic carbocycles. The molecule has 1 unspecified atom stereocenters. The van der Waals surface area contributed by atoms with E-state index in [2.05, 4.69) is 42.7 Å². The number of phosphoric acid groups is 1. The van der Waals surface area contributed by atoms with Crippen LogP contribution in [0.3, 0.4) is 0 Å². The van der Waals surface area contributed by atoms with Gasteiger partial charge in [0.1, 0.15) is 12.7 Å². The first-order chi connectivity index (χ1) is 27.7. The van der Waals surface area contributed by atoms with Crippen LogP contribution >= 0.6 is 7.82 Å². The molecule has 332 valence electrons. The Morgan fingerprint density at radius 3 is 1.58 bits per heavy atom. The second-order valence-electron chi connectivity index (χ2n) is 15.1. The summed E-state index contributed by atoms with van der Waals surface area (Å²) < 4.78 is 32.6. The van der Waals surface area contributed by atoms with Crippen molar-refractivity contribution in [2.45, 2.75) is 206 Å². The van der Waals surface area contributed by atoms with E-state index in [0.29, 0.717) is 6.42 Å². The molecule has 0 fully saturated rings. The number of hydrogen-bond acceptors (Lipinski definition) is 9.